The lowest BCUT2D eigenvalue weighted by atomic mass is 10.1. The van der Waals surface area contributed by atoms with Crippen LogP contribution in [0, 0.1) is 0 Å². The van der Waals surface area contributed by atoms with Gasteiger partial charge >= 0.3 is 0 Å². The van der Waals surface area contributed by atoms with Gasteiger partial charge in [-0.2, -0.15) is 0 Å². The third-order valence-electron chi connectivity index (χ3n) is 4.17. The summed E-state index contributed by atoms with van der Waals surface area (Å²) in [5.41, 5.74) is 0.976. The molecule has 0 aliphatic carbocycles. The largest absolute Gasteiger partial charge is 0.497 e. The molecule has 1 rings (SSSR count). The Balaban J connectivity index is 2.64. The number of benzene rings is 1. The molecule has 0 aliphatic rings. The quantitative estimate of drug-likeness (QED) is 0.758. The van der Waals surface area contributed by atoms with E-state index in [1.165, 1.54) is 0 Å². The summed E-state index contributed by atoms with van der Waals surface area (Å²) in [6.45, 7) is 16.4. The molecule has 0 amide bonds. The monoisotopic (exact) mass is 309 g/mol. The highest BCUT2D eigenvalue weighted by atomic mass is 28.4. The molecule has 3 nitrogen and oxygen atoms in total. The Bertz CT molecular complexity index is 447. The Morgan fingerprint density at radius 3 is 1.95 bits per heavy atom. The van der Waals surface area contributed by atoms with Gasteiger partial charge in [0.05, 0.1) is 19.3 Å². The number of hydrogen-bond acceptors (Lipinski definition) is 3. The van der Waals surface area contributed by atoms with Crippen molar-refractivity contribution in [2.75, 3.05) is 19.0 Å². The highest BCUT2D eigenvalue weighted by Crippen LogP contribution is 2.37. The van der Waals surface area contributed by atoms with Crippen LogP contribution in [0.4, 0.5) is 5.69 Å². The molecule has 0 heterocycles. The Hall–Kier alpha value is -1.00. The van der Waals surface area contributed by atoms with E-state index in [0.29, 0.717) is 6.61 Å². The summed E-state index contributed by atoms with van der Waals surface area (Å²) in [6, 6.07) is 8.00. The minimum absolute atomic E-state index is 0.107. The van der Waals surface area contributed by atoms with Crippen molar-refractivity contribution in [1.29, 1.82) is 0 Å². The zero-order valence-electron chi connectivity index (χ0n) is 14.8. The molecule has 0 aliphatic heterocycles. The van der Waals surface area contributed by atoms with Gasteiger partial charge in [-0.25, -0.2) is 0 Å². The first-order valence-corrected chi connectivity index (χ1v) is 10.4. The van der Waals surface area contributed by atoms with E-state index in [2.05, 4.69) is 53.0 Å². The molecule has 1 N–H and O–H groups in total. The maximum absolute atomic E-state index is 6.33. The van der Waals surface area contributed by atoms with Crippen molar-refractivity contribution < 1.29 is 9.16 Å². The predicted octanol–water partition coefficient (Wildman–Crippen LogP) is 4.91. The van der Waals surface area contributed by atoms with Crippen LogP contribution in [0.15, 0.2) is 24.3 Å². The van der Waals surface area contributed by atoms with E-state index in [0.717, 1.165) is 11.4 Å². The standard InChI is InChI=1S/C17H31NO2Si/c1-16(2,3)21(7,8)20-13-17(4,5)18-14-9-11-15(19-6)12-10-14/h9-12,18H,13H2,1-8H3. The number of hydrogen-bond donors (Lipinski definition) is 1. The van der Waals surface area contributed by atoms with Crippen LogP contribution in [0.5, 0.6) is 5.75 Å². The highest BCUT2D eigenvalue weighted by molar-refractivity contribution is 6.74. The third kappa shape index (κ3) is 5.36. The highest BCUT2D eigenvalue weighted by Gasteiger charge is 2.38. The van der Waals surface area contributed by atoms with Gasteiger partial charge in [-0.1, -0.05) is 20.8 Å². The minimum atomic E-state index is -1.71. The van der Waals surface area contributed by atoms with Crippen molar-refractivity contribution >= 4 is 14.0 Å². The Morgan fingerprint density at radius 1 is 1.00 bits per heavy atom. The van der Waals surface area contributed by atoms with E-state index in [1.54, 1.807) is 7.11 Å². The summed E-state index contributed by atoms with van der Waals surface area (Å²) >= 11 is 0. The maximum atomic E-state index is 6.33. The fraction of sp³-hybridized carbons (Fsp3) is 0.647. The van der Waals surface area contributed by atoms with Gasteiger partial charge in [-0.05, 0) is 56.2 Å². The second kappa shape index (κ2) is 6.40. The van der Waals surface area contributed by atoms with Gasteiger partial charge < -0.3 is 14.5 Å². The molecule has 0 aromatic heterocycles. The molecule has 0 saturated heterocycles. The second-order valence-corrected chi connectivity index (χ2v) is 12.6. The van der Waals surface area contributed by atoms with E-state index < -0.39 is 8.32 Å². The van der Waals surface area contributed by atoms with Gasteiger partial charge in [0.25, 0.3) is 0 Å². The van der Waals surface area contributed by atoms with Gasteiger partial charge in [-0.3, -0.25) is 0 Å². The lowest BCUT2D eigenvalue weighted by molar-refractivity contribution is 0.234. The van der Waals surface area contributed by atoms with E-state index in [4.69, 9.17) is 9.16 Å². The molecule has 0 atom stereocenters. The predicted molar refractivity (Wildman–Crippen MR) is 93.8 cm³/mol. The molecular weight excluding hydrogens is 278 g/mol. The summed E-state index contributed by atoms with van der Waals surface area (Å²) in [6.07, 6.45) is 0. The molecule has 1 aromatic rings. The molecule has 21 heavy (non-hydrogen) atoms. The number of rotatable bonds is 6. The molecule has 120 valence electrons. The van der Waals surface area contributed by atoms with Gasteiger partial charge in [-0.15, -0.1) is 0 Å². The van der Waals surface area contributed by atoms with Crippen LogP contribution in [-0.4, -0.2) is 27.6 Å². The third-order valence-corrected chi connectivity index (χ3v) is 8.65. The van der Waals surface area contributed by atoms with Crippen molar-refractivity contribution in [3.05, 3.63) is 24.3 Å². The summed E-state index contributed by atoms with van der Waals surface area (Å²) in [4.78, 5) is 0. The van der Waals surface area contributed by atoms with Gasteiger partial charge in [0.1, 0.15) is 5.75 Å². The summed E-state index contributed by atoms with van der Waals surface area (Å²) in [7, 11) is -0.0267. The number of methoxy groups -OCH3 is 1. The molecule has 0 spiro atoms. The van der Waals surface area contributed by atoms with E-state index in [-0.39, 0.29) is 10.6 Å². The van der Waals surface area contributed by atoms with Crippen LogP contribution in [0.1, 0.15) is 34.6 Å². The molecular formula is C17H31NO2Si. The zero-order chi connectivity index (χ0) is 16.3. The molecule has 4 heteroatoms. The lowest BCUT2D eigenvalue weighted by Crippen LogP contribution is -2.46. The second-order valence-electron chi connectivity index (χ2n) is 7.79. The zero-order valence-corrected chi connectivity index (χ0v) is 15.8. The Labute approximate surface area is 131 Å². The fourth-order valence-electron chi connectivity index (χ4n) is 1.68. The normalized spacial score (nSPS) is 13.1. The van der Waals surface area contributed by atoms with E-state index in [1.807, 2.05) is 24.3 Å². The topological polar surface area (TPSA) is 30.5 Å². The van der Waals surface area contributed by atoms with Crippen LogP contribution in [0.3, 0.4) is 0 Å². The van der Waals surface area contributed by atoms with Gasteiger partial charge in [0, 0.05) is 5.69 Å². The van der Waals surface area contributed by atoms with Gasteiger partial charge in [0.2, 0.25) is 0 Å². The molecule has 1 aromatic carbocycles. The minimum Gasteiger partial charge on any atom is -0.497 e. The van der Waals surface area contributed by atoms with Gasteiger partial charge in [0.15, 0.2) is 8.32 Å². The fourth-order valence-corrected chi connectivity index (χ4v) is 2.83. The van der Waals surface area contributed by atoms with Crippen LogP contribution >= 0.6 is 0 Å². The average molecular weight is 310 g/mol. The van der Waals surface area contributed by atoms with Crippen molar-refractivity contribution in [2.24, 2.45) is 0 Å². The number of ether oxygens (including phenoxy) is 1. The van der Waals surface area contributed by atoms with E-state index >= 15 is 0 Å². The lowest BCUT2D eigenvalue weighted by Gasteiger charge is -2.39. The van der Waals surface area contributed by atoms with Crippen LogP contribution < -0.4 is 10.1 Å². The summed E-state index contributed by atoms with van der Waals surface area (Å²) < 4.78 is 11.5. The maximum Gasteiger partial charge on any atom is 0.192 e. The average Bonchev–Trinajstić information content (AvgIpc) is 2.36. The first-order valence-electron chi connectivity index (χ1n) is 7.53. The molecule has 0 saturated carbocycles. The molecule has 0 radical (unpaired) electrons. The SMILES string of the molecule is COc1ccc(NC(C)(C)CO[Si](C)(C)C(C)(C)C)cc1. The first-order chi connectivity index (χ1) is 9.47. The number of nitrogens with one attached hydrogen (secondary N) is 1. The molecule has 0 fully saturated rings. The summed E-state index contributed by atoms with van der Waals surface area (Å²) in [5, 5.41) is 3.77. The van der Waals surface area contributed by atoms with Crippen molar-refractivity contribution in [1.82, 2.24) is 0 Å². The van der Waals surface area contributed by atoms with Crippen LogP contribution in [0.2, 0.25) is 18.1 Å². The smallest absolute Gasteiger partial charge is 0.192 e. The Morgan fingerprint density at radius 2 is 1.52 bits per heavy atom. The first kappa shape index (κ1) is 18.0. The van der Waals surface area contributed by atoms with E-state index in [9.17, 15) is 0 Å². The van der Waals surface area contributed by atoms with Crippen molar-refractivity contribution in [2.45, 2.75) is 58.3 Å². The van der Waals surface area contributed by atoms with Crippen molar-refractivity contribution in [3.8, 4) is 5.75 Å². The summed E-state index contributed by atoms with van der Waals surface area (Å²) in [5.74, 6) is 0.871. The molecule has 0 bridgehead atoms. The Kier molecular flexibility index (Phi) is 5.50. The van der Waals surface area contributed by atoms with Crippen LogP contribution in [0.25, 0.3) is 0 Å². The van der Waals surface area contributed by atoms with Crippen molar-refractivity contribution in [3.63, 3.8) is 0 Å². The number of anilines is 1. The van der Waals surface area contributed by atoms with Crippen LogP contribution in [-0.2, 0) is 4.43 Å². The molecule has 0 unspecified atom stereocenters.